The molecule has 8 nitrogen and oxygen atoms in total. The number of halogens is 2. The lowest BCUT2D eigenvalue weighted by Crippen LogP contribution is -2.42. The number of carbonyl (C=O) groups is 1. The van der Waals surface area contributed by atoms with Crippen LogP contribution >= 0.6 is 23.2 Å². The normalized spacial score (nSPS) is 11.1. The Hall–Kier alpha value is -3.33. The number of nitrogens with one attached hydrogen (secondary N) is 1. The van der Waals surface area contributed by atoms with Crippen molar-refractivity contribution in [3.05, 3.63) is 96.6 Å². The molecule has 0 saturated heterocycles. The van der Waals surface area contributed by atoms with Crippen LogP contribution in [0.4, 0.5) is 11.5 Å². The zero-order valence-corrected chi connectivity index (χ0v) is 19.3. The first-order valence-electron chi connectivity index (χ1n) is 9.92. The van der Waals surface area contributed by atoms with Gasteiger partial charge >= 0.3 is 5.69 Å². The van der Waals surface area contributed by atoms with Crippen molar-refractivity contribution in [1.82, 2.24) is 9.55 Å². The number of nitrogens with two attached hydrogens (primary N) is 1. The monoisotopic (exact) mass is 488 g/mol. The fourth-order valence-electron chi connectivity index (χ4n) is 3.18. The SMILES string of the molecule is COCCN(C(=O)/C=C/c1cccc(Cl)c1Cl)c1c(N)n(Cc2ccccc2)c(=O)[nH]c1=O. The molecule has 10 heteroatoms. The van der Waals surface area contributed by atoms with E-state index in [4.69, 9.17) is 33.7 Å². The van der Waals surface area contributed by atoms with Crippen molar-refractivity contribution in [3.8, 4) is 0 Å². The van der Waals surface area contributed by atoms with Crippen molar-refractivity contribution in [2.75, 3.05) is 30.9 Å². The fraction of sp³-hybridized carbons (Fsp3) is 0.174. The highest BCUT2D eigenvalue weighted by atomic mass is 35.5. The number of methoxy groups -OCH3 is 1. The highest BCUT2D eigenvalue weighted by molar-refractivity contribution is 6.42. The summed E-state index contributed by atoms with van der Waals surface area (Å²) in [6.07, 6.45) is 2.74. The molecule has 3 N–H and O–H groups in total. The van der Waals surface area contributed by atoms with Crippen LogP contribution in [-0.4, -0.2) is 35.7 Å². The molecule has 2 aromatic carbocycles. The summed E-state index contributed by atoms with van der Waals surface area (Å²) in [6, 6.07) is 14.2. The lowest BCUT2D eigenvalue weighted by atomic mass is 10.2. The van der Waals surface area contributed by atoms with Gasteiger partial charge in [0.1, 0.15) is 5.82 Å². The van der Waals surface area contributed by atoms with Gasteiger partial charge in [0.15, 0.2) is 5.69 Å². The molecule has 0 aliphatic carbocycles. The summed E-state index contributed by atoms with van der Waals surface area (Å²) in [5.74, 6) is -0.684. The largest absolute Gasteiger partial charge is 0.383 e. The van der Waals surface area contributed by atoms with E-state index in [2.05, 4.69) is 4.98 Å². The van der Waals surface area contributed by atoms with E-state index in [-0.39, 0.29) is 31.2 Å². The number of nitrogen functional groups attached to an aromatic ring is 1. The zero-order chi connectivity index (χ0) is 24.0. The molecule has 0 aliphatic rings. The maximum absolute atomic E-state index is 13.1. The number of nitrogens with zero attached hydrogens (tertiary/aromatic N) is 2. The molecule has 33 heavy (non-hydrogen) atoms. The third-order valence-corrected chi connectivity index (χ3v) is 5.67. The van der Waals surface area contributed by atoms with Crippen LogP contribution in [0.25, 0.3) is 6.08 Å². The van der Waals surface area contributed by atoms with Crippen molar-refractivity contribution in [1.29, 1.82) is 0 Å². The molecule has 172 valence electrons. The Kier molecular flexibility index (Phi) is 8.11. The summed E-state index contributed by atoms with van der Waals surface area (Å²) in [6.45, 7) is 0.281. The predicted octanol–water partition coefficient (Wildman–Crippen LogP) is 3.17. The van der Waals surface area contributed by atoms with Gasteiger partial charge in [-0.05, 0) is 23.3 Å². The summed E-state index contributed by atoms with van der Waals surface area (Å²) in [5, 5.41) is 0.636. The van der Waals surface area contributed by atoms with Crippen LogP contribution in [0.5, 0.6) is 0 Å². The predicted molar refractivity (Wildman–Crippen MR) is 131 cm³/mol. The van der Waals surface area contributed by atoms with Gasteiger partial charge in [-0.25, -0.2) is 4.79 Å². The number of carbonyl (C=O) groups excluding carboxylic acids is 1. The molecule has 1 heterocycles. The molecule has 3 aromatic rings. The van der Waals surface area contributed by atoms with Crippen LogP contribution in [0, 0.1) is 0 Å². The average molecular weight is 489 g/mol. The minimum atomic E-state index is -0.777. The third kappa shape index (κ3) is 5.73. The Morgan fingerprint density at radius 2 is 1.88 bits per heavy atom. The van der Waals surface area contributed by atoms with Crippen LogP contribution in [0.15, 0.2) is 64.2 Å². The van der Waals surface area contributed by atoms with Gasteiger partial charge in [0.2, 0.25) is 0 Å². The van der Waals surface area contributed by atoms with Crippen molar-refractivity contribution in [2.45, 2.75) is 6.54 Å². The van der Waals surface area contributed by atoms with E-state index in [9.17, 15) is 14.4 Å². The van der Waals surface area contributed by atoms with Gasteiger partial charge in [-0.2, -0.15) is 0 Å². The molecule has 1 aromatic heterocycles. The van der Waals surface area contributed by atoms with E-state index in [0.717, 1.165) is 10.5 Å². The van der Waals surface area contributed by atoms with Crippen LogP contribution < -0.4 is 21.9 Å². The maximum Gasteiger partial charge on any atom is 0.330 e. The van der Waals surface area contributed by atoms with E-state index in [0.29, 0.717) is 15.6 Å². The third-order valence-electron chi connectivity index (χ3n) is 4.84. The molecule has 0 bridgehead atoms. The van der Waals surface area contributed by atoms with Gasteiger partial charge in [-0.15, -0.1) is 0 Å². The Bertz CT molecular complexity index is 1290. The molecule has 1 amide bonds. The summed E-state index contributed by atoms with van der Waals surface area (Å²) in [5.41, 5.74) is 5.97. The van der Waals surface area contributed by atoms with E-state index in [1.807, 2.05) is 30.3 Å². The van der Waals surface area contributed by atoms with Crippen LogP contribution in [0.3, 0.4) is 0 Å². The number of amides is 1. The van der Waals surface area contributed by atoms with Crippen molar-refractivity contribution >= 4 is 46.7 Å². The summed E-state index contributed by atoms with van der Waals surface area (Å²) < 4.78 is 6.30. The molecule has 0 atom stereocenters. The smallest absolute Gasteiger partial charge is 0.330 e. The van der Waals surface area contributed by atoms with Crippen molar-refractivity contribution < 1.29 is 9.53 Å². The Labute approximate surface area is 199 Å². The first-order valence-corrected chi connectivity index (χ1v) is 10.7. The second-order valence-electron chi connectivity index (χ2n) is 7.02. The molecule has 0 fully saturated rings. The first-order chi connectivity index (χ1) is 15.8. The molecule has 0 radical (unpaired) electrons. The molecule has 0 unspecified atom stereocenters. The molecule has 0 spiro atoms. The minimum Gasteiger partial charge on any atom is -0.383 e. The number of aromatic nitrogens is 2. The summed E-state index contributed by atoms with van der Waals surface area (Å²) in [7, 11) is 1.47. The molecule has 0 aliphatic heterocycles. The van der Waals surface area contributed by atoms with Crippen molar-refractivity contribution in [3.63, 3.8) is 0 Å². The molecular formula is C23H22Cl2N4O4. The number of hydrogen-bond acceptors (Lipinski definition) is 5. The molecule has 3 rings (SSSR count). The van der Waals surface area contributed by atoms with Crippen LogP contribution in [-0.2, 0) is 16.1 Å². The molecular weight excluding hydrogens is 467 g/mol. The number of anilines is 2. The number of aromatic amines is 1. The molecule has 0 saturated carbocycles. The Morgan fingerprint density at radius 3 is 2.58 bits per heavy atom. The number of rotatable bonds is 8. The zero-order valence-electron chi connectivity index (χ0n) is 17.8. The lowest BCUT2D eigenvalue weighted by molar-refractivity contribution is -0.114. The lowest BCUT2D eigenvalue weighted by Gasteiger charge is -2.23. The summed E-state index contributed by atoms with van der Waals surface area (Å²) >= 11 is 12.2. The standard InChI is InChI=1S/C23H22Cl2N4O4/c1-33-13-12-28(18(30)11-10-16-8-5-9-17(24)19(16)25)20-21(26)29(23(32)27-22(20)31)14-15-6-3-2-4-7-15/h2-11H,12-14,26H2,1H3,(H,27,31,32)/b11-10+. The van der Waals surface area contributed by atoms with Gasteiger partial charge < -0.3 is 10.5 Å². The van der Waals surface area contributed by atoms with Crippen LogP contribution in [0.1, 0.15) is 11.1 Å². The number of hydrogen-bond donors (Lipinski definition) is 2. The second-order valence-corrected chi connectivity index (χ2v) is 7.81. The van der Waals surface area contributed by atoms with Gasteiger partial charge in [0, 0.05) is 19.7 Å². The van der Waals surface area contributed by atoms with E-state index in [1.54, 1.807) is 18.2 Å². The fourth-order valence-corrected chi connectivity index (χ4v) is 3.55. The van der Waals surface area contributed by atoms with Gasteiger partial charge in [-0.3, -0.25) is 24.0 Å². The number of H-pyrrole nitrogens is 1. The Morgan fingerprint density at radius 1 is 1.15 bits per heavy atom. The quantitative estimate of drug-likeness (QED) is 0.473. The number of benzene rings is 2. The summed E-state index contributed by atoms with van der Waals surface area (Å²) in [4.78, 5) is 41.7. The highest BCUT2D eigenvalue weighted by Crippen LogP contribution is 2.26. The van der Waals surface area contributed by atoms with Crippen molar-refractivity contribution in [2.24, 2.45) is 0 Å². The Balaban J connectivity index is 2.02. The topological polar surface area (TPSA) is 110 Å². The first kappa shape index (κ1) is 24.3. The second kappa shape index (κ2) is 11.0. The van der Waals surface area contributed by atoms with Crippen LogP contribution in [0.2, 0.25) is 10.0 Å². The highest BCUT2D eigenvalue weighted by Gasteiger charge is 2.23. The van der Waals surface area contributed by atoms with E-state index < -0.39 is 17.2 Å². The van der Waals surface area contributed by atoms with E-state index in [1.165, 1.54) is 23.8 Å². The van der Waals surface area contributed by atoms with Gasteiger partial charge in [0.25, 0.3) is 11.5 Å². The van der Waals surface area contributed by atoms with E-state index >= 15 is 0 Å². The van der Waals surface area contributed by atoms with Gasteiger partial charge in [-0.1, -0.05) is 65.7 Å². The number of ether oxygens (including phenoxy) is 1. The average Bonchev–Trinajstić information content (AvgIpc) is 2.80. The maximum atomic E-state index is 13.1. The minimum absolute atomic E-state index is 0.0276. The van der Waals surface area contributed by atoms with Gasteiger partial charge in [0.05, 0.1) is 23.2 Å².